The van der Waals surface area contributed by atoms with E-state index < -0.39 is 5.97 Å². The van der Waals surface area contributed by atoms with Gasteiger partial charge >= 0.3 is 5.97 Å². The molecule has 0 spiro atoms. The van der Waals surface area contributed by atoms with Gasteiger partial charge in [-0.3, -0.25) is 4.68 Å². The second-order valence-electron chi connectivity index (χ2n) is 4.47. The first-order chi connectivity index (χ1) is 9.04. The van der Waals surface area contributed by atoms with Crippen molar-refractivity contribution in [3.8, 4) is 17.0 Å². The van der Waals surface area contributed by atoms with Gasteiger partial charge in [0, 0.05) is 17.8 Å². The fourth-order valence-electron chi connectivity index (χ4n) is 1.85. The average molecular weight is 260 g/mol. The SMILES string of the molecule is COc1ccccc1-c1nn(C(C)C)cc1C(=O)O. The van der Waals surface area contributed by atoms with Gasteiger partial charge in [0.2, 0.25) is 0 Å². The third-order valence-electron chi connectivity index (χ3n) is 2.85. The summed E-state index contributed by atoms with van der Waals surface area (Å²) in [4.78, 5) is 11.3. The number of benzene rings is 1. The van der Waals surface area contributed by atoms with Crippen molar-refractivity contribution in [2.75, 3.05) is 7.11 Å². The van der Waals surface area contributed by atoms with E-state index in [0.717, 1.165) is 0 Å². The van der Waals surface area contributed by atoms with E-state index in [2.05, 4.69) is 5.10 Å². The number of carboxylic acids is 1. The molecule has 0 aliphatic carbocycles. The van der Waals surface area contributed by atoms with E-state index in [1.165, 1.54) is 0 Å². The van der Waals surface area contributed by atoms with Crippen molar-refractivity contribution in [1.29, 1.82) is 0 Å². The predicted molar refractivity (Wildman–Crippen MR) is 71.6 cm³/mol. The molecular formula is C14H16N2O3. The molecule has 0 radical (unpaired) electrons. The predicted octanol–water partition coefficient (Wildman–Crippen LogP) is 2.84. The van der Waals surface area contributed by atoms with Crippen LogP contribution < -0.4 is 4.74 Å². The molecule has 19 heavy (non-hydrogen) atoms. The molecule has 2 aromatic rings. The Morgan fingerprint density at radius 2 is 2.05 bits per heavy atom. The topological polar surface area (TPSA) is 64.4 Å². The lowest BCUT2D eigenvalue weighted by Crippen LogP contribution is -2.01. The molecule has 0 amide bonds. The number of aromatic nitrogens is 2. The Bertz CT molecular complexity index is 602. The van der Waals surface area contributed by atoms with Gasteiger partial charge in [-0.2, -0.15) is 5.10 Å². The lowest BCUT2D eigenvalue weighted by molar-refractivity contribution is 0.0697. The van der Waals surface area contributed by atoms with Gasteiger partial charge in [-0.15, -0.1) is 0 Å². The number of methoxy groups -OCH3 is 1. The molecule has 0 atom stereocenters. The van der Waals surface area contributed by atoms with Crippen LogP contribution in [-0.4, -0.2) is 28.0 Å². The molecule has 0 aliphatic rings. The van der Waals surface area contributed by atoms with E-state index >= 15 is 0 Å². The first kappa shape index (κ1) is 13.1. The second kappa shape index (κ2) is 5.14. The van der Waals surface area contributed by atoms with Gasteiger partial charge in [0.15, 0.2) is 0 Å². The highest BCUT2D eigenvalue weighted by Gasteiger charge is 2.20. The van der Waals surface area contributed by atoms with Gasteiger partial charge in [0.1, 0.15) is 17.0 Å². The Labute approximate surface area is 111 Å². The number of carbonyl (C=O) groups is 1. The van der Waals surface area contributed by atoms with Crippen LogP contribution in [0.2, 0.25) is 0 Å². The zero-order valence-corrected chi connectivity index (χ0v) is 11.1. The third-order valence-corrected chi connectivity index (χ3v) is 2.85. The Morgan fingerprint density at radius 3 is 2.63 bits per heavy atom. The fraction of sp³-hybridized carbons (Fsp3) is 0.286. The minimum Gasteiger partial charge on any atom is -0.496 e. The minimum atomic E-state index is -0.993. The highest BCUT2D eigenvalue weighted by molar-refractivity contribution is 5.95. The van der Waals surface area contributed by atoms with E-state index in [1.54, 1.807) is 30.1 Å². The summed E-state index contributed by atoms with van der Waals surface area (Å²) in [5, 5.41) is 13.7. The summed E-state index contributed by atoms with van der Waals surface area (Å²) < 4.78 is 6.91. The summed E-state index contributed by atoms with van der Waals surface area (Å²) in [6, 6.07) is 7.36. The van der Waals surface area contributed by atoms with Crippen molar-refractivity contribution in [3.05, 3.63) is 36.0 Å². The Morgan fingerprint density at radius 1 is 1.37 bits per heavy atom. The second-order valence-corrected chi connectivity index (χ2v) is 4.47. The minimum absolute atomic E-state index is 0.0987. The van der Waals surface area contributed by atoms with Crippen LogP contribution in [0.4, 0.5) is 0 Å². The Hall–Kier alpha value is -2.30. The molecule has 2 rings (SSSR count). The molecule has 0 unspecified atom stereocenters. The van der Waals surface area contributed by atoms with Crippen LogP contribution in [-0.2, 0) is 0 Å². The van der Waals surface area contributed by atoms with Crippen molar-refractivity contribution in [2.45, 2.75) is 19.9 Å². The third kappa shape index (κ3) is 2.45. The zero-order chi connectivity index (χ0) is 14.0. The van der Waals surface area contributed by atoms with Crippen LogP contribution in [0.1, 0.15) is 30.2 Å². The molecule has 0 aliphatic heterocycles. The van der Waals surface area contributed by atoms with Gasteiger partial charge in [-0.25, -0.2) is 4.79 Å². The number of hydrogen-bond acceptors (Lipinski definition) is 3. The zero-order valence-electron chi connectivity index (χ0n) is 11.1. The molecule has 1 aromatic heterocycles. The molecule has 1 aromatic carbocycles. The van der Waals surface area contributed by atoms with E-state index in [-0.39, 0.29) is 11.6 Å². The van der Waals surface area contributed by atoms with Crippen LogP contribution in [0, 0.1) is 0 Å². The molecule has 0 saturated carbocycles. The number of carboxylic acid groups (broad SMARTS) is 1. The van der Waals surface area contributed by atoms with Gasteiger partial charge in [0.25, 0.3) is 0 Å². The summed E-state index contributed by atoms with van der Waals surface area (Å²) in [5.41, 5.74) is 1.29. The van der Waals surface area contributed by atoms with E-state index in [9.17, 15) is 9.90 Å². The number of aromatic carboxylic acids is 1. The first-order valence-corrected chi connectivity index (χ1v) is 6.00. The monoisotopic (exact) mass is 260 g/mol. The maximum atomic E-state index is 11.3. The Balaban J connectivity index is 2.63. The number of para-hydroxylation sites is 1. The van der Waals surface area contributed by atoms with Gasteiger partial charge in [0.05, 0.1) is 7.11 Å². The van der Waals surface area contributed by atoms with E-state index in [1.807, 2.05) is 26.0 Å². The standard InChI is InChI=1S/C14H16N2O3/c1-9(2)16-8-11(14(17)18)13(15-16)10-6-4-5-7-12(10)19-3/h4-9H,1-3H3,(H,17,18). The number of ether oxygens (including phenoxy) is 1. The van der Waals surface area contributed by atoms with Crippen molar-refractivity contribution in [2.24, 2.45) is 0 Å². The number of hydrogen-bond donors (Lipinski definition) is 1. The van der Waals surface area contributed by atoms with E-state index in [0.29, 0.717) is 17.0 Å². The molecular weight excluding hydrogens is 244 g/mol. The van der Waals surface area contributed by atoms with Crippen LogP contribution in [0.25, 0.3) is 11.3 Å². The smallest absolute Gasteiger partial charge is 0.339 e. The summed E-state index contributed by atoms with van der Waals surface area (Å²) in [5.74, 6) is -0.383. The van der Waals surface area contributed by atoms with Crippen molar-refractivity contribution in [3.63, 3.8) is 0 Å². The molecule has 1 heterocycles. The maximum absolute atomic E-state index is 11.3. The van der Waals surface area contributed by atoms with Gasteiger partial charge < -0.3 is 9.84 Å². The fourth-order valence-corrected chi connectivity index (χ4v) is 1.85. The highest BCUT2D eigenvalue weighted by atomic mass is 16.5. The highest BCUT2D eigenvalue weighted by Crippen LogP contribution is 2.31. The molecule has 100 valence electrons. The molecule has 0 bridgehead atoms. The number of rotatable bonds is 4. The van der Waals surface area contributed by atoms with Crippen molar-refractivity contribution < 1.29 is 14.6 Å². The Kier molecular flexibility index (Phi) is 3.55. The lowest BCUT2D eigenvalue weighted by atomic mass is 10.1. The molecule has 0 fully saturated rings. The summed E-state index contributed by atoms with van der Waals surface area (Å²) in [6.07, 6.45) is 1.55. The molecule has 5 heteroatoms. The van der Waals surface area contributed by atoms with Crippen LogP contribution in [0.15, 0.2) is 30.5 Å². The summed E-state index contributed by atoms with van der Waals surface area (Å²) in [7, 11) is 1.55. The van der Waals surface area contributed by atoms with Gasteiger partial charge in [-0.1, -0.05) is 12.1 Å². The van der Waals surface area contributed by atoms with Crippen molar-refractivity contribution in [1.82, 2.24) is 9.78 Å². The normalized spacial score (nSPS) is 10.7. The quantitative estimate of drug-likeness (QED) is 0.918. The summed E-state index contributed by atoms with van der Waals surface area (Å²) in [6.45, 7) is 3.90. The molecule has 0 saturated heterocycles. The maximum Gasteiger partial charge on any atom is 0.339 e. The first-order valence-electron chi connectivity index (χ1n) is 6.00. The molecule has 1 N–H and O–H groups in total. The molecule has 5 nitrogen and oxygen atoms in total. The van der Waals surface area contributed by atoms with Crippen LogP contribution >= 0.6 is 0 Å². The van der Waals surface area contributed by atoms with E-state index in [4.69, 9.17) is 4.74 Å². The van der Waals surface area contributed by atoms with Crippen LogP contribution in [0.3, 0.4) is 0 Å². The lowest BCUT2D eigenvalue weighted by Gasteiger charge is -2.07. The van der Waals surface area contributed by atoms with Crippen molar-refractivity contribution >= 4 is 5.97 Å². The summed E-state index contributed by atoms with van der Waals surface area (Å²) >= 11 is 0. The van der Waals surface area contributed by atoms with Gasteiger partial charge in [-0.05, 0) is 26.0 Å². The largest absolute Gasteiger partial charge is 0.496 e. The number of nitrogens with zero attached hydrogens (tertiary/aromatic N) is 2. The van der Waals surface area contributed by atoms with Crippen LogP contribution in [0.5, 0.6) is 5.75 Å². The average Bonchev–Trinajstić information content (AvgIpc) is 2.83.